The predicted octanol–water partition coefficient (Wildman–Crippen LogP) is 4.14. The average Bonchev–Trinajstić information content (AvgIpc) is 3.17. The first-order chi connectivity index (χ1) is 9.13. The molecule has 0 amide bonds. The van der Waals surface area contributed by atoms with Gasteiger partial charge in [-0.15, -0.1) is 0 Å². The van der Waals surface area contributed by atoms with Gasteiger partial charge in [0, 0.05) is 12.0 Å². The molecule has 1 N–H and O–H groups in total. The highest BCUT2D eigenvalue weighted by Gasteiger charge is 2.27. The molecule has 1 saturated carbocycles. The van der Waals surface area contributed by atoms with Gasteiger partial charge in [0.05, 0.1) is 0 Å². The summed E-state index contributed by atoms with van der Waals surface area (Å²) in [6.45, 7) is 0. The third kappa shape index (κ3) is 2.73. The Morgan fingerprint density at radius 3 is 2.47 bits per heavy atom. The maximum Gasteiger partial charge on any atom is 0.149 e. The third-order valence-corrected chi connectivity index (χ3v) is 3.28. The first-order valence-electron chi connectivity index (χ1n) is 5.89. The fourth-order valence-electron chi connectivity index (χ4n) is 1.77. The summed E-state index contributed by atoms with van der Waals surface area (Å²) in [7, 11) is 0. The van der Waals surface area contributed by atoms with E-state index in [1.165, 1.54) is 18.2 Å². The topological polar surface area (TPSA) is 37.8 Å². The lowest BCUT2D eigenvalue weighted by Crippen LogP contribution is -2.02. The van der Waals surface area contributed by atoms with E-state index in [2.05, 4.69) is 31.2 Å². The molecule has 1 heterocycles. The molecular formula is C13H10BrF2N3. The van der Waals surface area contributed by atoms with E-state index < -0.39 is 11.6 Å². The van der Waals surface area contributed by atoms with Crippen LogP contribution in [0.4, 0.5) is 20.3 Å². The molecule has 1 aliphatic rings. The highest BCUT2D eigenvalue weighted by molar-refractivity contribution is 9.10. The zero-order valence-corrected chi connectivity index (χ0v) is 11.4. The number of para-hydroxylation sites is 1. The fraction of sp³-hybridized carbons (Fsp3) is 0.231. The Kier molecular flexibility index (Phi) is 3.18. The summed E-state index contributed by atoms with van der Waals surface area (Å²) in [5, 5.41) is 2.67. The second kappa shape index (κ2) is 4.85. The van der Waals surface area contributed by atoms with Crippen molar-refractivity contribution in [3.63, 3.8) is 0 Å². The molecule has 1 fully saturated rings. The van der Waals surface area contributed by atoms with E-state index in [1.807, 2.05) is 0 Å². The lowest BCUT2D eigenvalue weighted by atomic mass is 10.3. The number of rotatable bonds is 3. The normalized spacial score (nSPS) is 14.5. The molecule has 1 aromatic carbocycles. The van der Waals surface area contributed by atoms with Gasteiger partial charge in [0.1, 0.15) is 33.6 Å². The molecule has 2 aromatic rings. The molecule has 19 heavy (non-hydrogen) atoms. The minimum Gasteiger partial charge on any atom is -0.335 e. The molecule has 0 aliphatic heterocycles. The van der Waals surface area contributed by atoms with Crippen LogP contribution >= 0.6 is 15.9 Å². The summed E-state index contributed by atoms with van der Waals surface area (Å²) < 4.78 is 27.7. The summed E-state index contributed by atoms with van der Waals surface area (Å²) in [6.07, 6.45) is 2.12. The maximum atomic E-state index is 13.6. The second-order valence-corrected chi connectivity index (χ2v) is 5.24. The maximum absolute atomic E-state index is 13.6. The molecule has 0 bridgehead atoms. The predicted molar refractivity (Wildman–Crippen MR) is 71.3 cm³/mol. The summed E-state index contributed by atoms with van der Waals surface area (Å²) >= 11 is 3.28. The van der Waals surface area contributed by atoms with Crippen LogP contribution in [0, 0.1) is 11.6 Å². The van der Waals surface area contributed by atoms with E-state index in [0.717, 1.165) is 12.8 Å². The van der Waals surface area contributed by atoms with Crippen LogP contribution in [0.5, 0.6) is 0 Å². The van der Waals surface area contributed by atoms with E-state index in [0.29, 0.717) is 22.2 Å². The Morgan fingerprint density at radius 2 is 1.84 bits per heavy atom. The van der Waals surface area contributed by atoms with Crippen LogP contribution in [-0.4, -0.2) is 9.97 Å². The van der Waals surface area contributed by atoms with Gasteiger partial charge in [0.15, 0.2) is 0 Å². The Labute approximate surface area is 117 Å². The Hall–Kier alpha value is -1.56. The van der Waals surface area contributed by atoms with Gasteiger partial charge in [0.25, 0.3) is 0 Å². The van der Waals surface area contributed by atoms with E-state index in [1.54, 1.807) is 6.07 Å². The Morgan fingerprint density at radius 1 is 1.16 bits per heavy atom. The van der Waals surface area contributed by atoms with E-state index in [-0.39, 0.29) is 5.69 Å². The summed E-state index contributed by atoms with van der Waals surface area (Å²) in [5.74, 6) is 0.148. The molecule has 98 valence electrons. The van der Waals surface area contributed by atoms with Gasteiger partial charge in [-0.05, 0) is 40.9 Å². The van der Waals surface area contributed by atoms with Gasteiger partial charge >= 0.3 is 0 Å². The van der Waals surface area contributed by atoms with Gasteiger partial charge in [-0.2, -0.15) is 0 Å². The smallest absolute Gasteiger partial charge is 0.149 e. The van der Waals surface area contributed by atoms with Crippen molar-refractivity contribution in [2.24, 2.45) is 0 Å². The number of halogens is 3. The number of hydrogen-bond acceptors (Lipinski definition) is 3. The van der Waals surface area contributed by atoms with Gasteiger partial charge in [-0.25, -0.2) is 18.7 Å². The third-order valence-electron chi connectivity index (χ3n) is 2.87. The van der Waals surface area contributed by atoms with Crippen LogP contribution in [0.1, 0.15) is 24.6 Å². The van der Waals surface area contributed by atoms with Crippen molar-refractivity contribution in [1.82, 2.24) is 9.97 Å². The van der Waals surface area contributed by atoms with Crippen molar-refractivity contribution >= 4 is 27.4 Å². The molecule has 3 nitrogen and oxygen atoms in total. The van der Waals surface area contributed by atoms with Gasteiger partial charge in [-0.1, -0.05) is 6.07 Å². The van der Waals surface area contributed by atoms with Crippen LogP contribution in [0.3, 0.4) is 0 Å². The zero-order valence-electron chi connectivity index (χ0n) is 9.83. The number of nitrogens with one attached hydrogen (secondary N) is 1. The number of hydrogen-bond donors (Lipinski definition) is 1. The van der Waals surface area contributed by atoms with Crippen LogP contribution in [0.25, 0.3) is 0 Å². The fourth-order valence-corrected chi connectivity index (χ4v) is 2.17. The van der Waals surface area contributed by atoms with Crippen LogP contribution in [0.2, 0.25) is 0 Å². The van der Waals surface area contributed by atoms with E-state index >= 15 is 0 Å². The molecule has 6 heteroatoms. The summed E-state index contributed by atoms with van der Waals surface area (Å²) in [4.78, 5) is 8.55. The zero-order chi connectivity index (χ0) is 13.4. The van der Waals surface area contributed by atoms with Crippen molar-refractivity contribution < 1.29 is 8.78 Å². The molecule has 0 spiro atoms. The molecule has 1 aliphatic carbocycles. The van der Waals surface area contributed by atoms with Crippen molar-refractivity contribution in [2.75, 3.05) is 5.32 Å². The highest BCUT2D eigenvalue weighted by atomic mass is 79.9. The number of benzene rings is 1. The van der Waals surface area contributed by atoms with E-state index in [9.17, 15) is 8.78 Å². The molecule has 0 radical (unpaired) electrons. The monoisotopic (exact) mass is 325 g/mol. The second-order valence-electron chi connectivity index (χ2n) is 4.43. The quantitative estimate of drug-likeness (QED) is 0.862. The van der Waals surface area contributed by atoms with Crippen molar-refractivity contribution in [3.05, 3.63) is 46.3 Å². The number of nitrogens with zero attached hydrogens (tertiary/aromatic N) is 2. The van der Waals surface area contributed by atoms with E-state index in [4.69, 9.17) is 0 Å². The molecule has 0 saturated heterocycles. The van der Waals surface area contributed by atoms with Gasteiger partial charge in [0.2, 0.25) is 0 Å². The lowest BCUT2D eigenvalue weighted by Gasteiger charge is -2.09. The highest BCUT2D eigenvalue weighted by Crippen LogP contribution is 2.39. The first kappa shape index (κ1) is 12.5. The molecule has 0 atom stereocenters. The Bertz CT molecular complexity index is 609. The van der Waals surface area contributed by atoms with Crippen LogP contribution in [0.15, 0.2) is 28.9 Å². The van der Waals surface area contributed by atoms with Crippen molar-refractivity contribution in [2.45, 2.75) is 18.8 Å². The lowest BCUT2D eigenvalue weighted by molar-refractivity contribution is 0.590. The molecular weight excluding hydrogens is 316 g/mol. The minimum atomic E-state index is -0.650. The molecule has 1 aromatic heterocycles. The van der Waals surface area contributed by atoms with Crippen LogP contribution < -0.4 is 5.32 Å². The van der Waals surface area contributed by atoms with Gasteiger partial charge < -0.3 is 5.32 Å². The SMILES string of the molecule is Fc1cccc(F)c1Nc1cc(Br)nc(C2CC2)n1. The average molecular weight is 326 g/mol. The molecule has 0 unspecified atom stereocenters. The summed E-state index contributed by atoms with van der Waals surface area (Å²) in [6, 6.07) is 5.31. The van der Waals surface area contributed by atoms with Crippen molar-refractivity contribution in [3.8, 4) is 0 Å². The van der Waals surface area contributed by atoms with Crippen LogP contribution in [-0.2, 0) is 0 Å². The molecule has 3 rings (SSSR count). The number of aromatic nitrogens is 2. The summed E-state index contributed by atoms with van der Waals surface area (Å²) in [5.41, 5.74) is -0.199. The van der Waals surface area contributed by atoms with Gasteiger partial charge in [-0.3, -0.25) is 0 Å². The largest absolute Gasteiger partial charge is 0.335 e. The Balaban J connectivity index is 1.94. The standard InChI is InChI=1S/C13H10BrF2N3/c14-10-6-11(19-13(17-10)7-4-5-7)18-12-8(15)2-1-3-9(12)16/h1-3,6-7H,4-5H2,(H,17,18,19). The number of anilines is 2. The minimum absolute atomic E-state index is 0.199. The van der Waals surface area contributed by atoms with Crippen molar-refractivity contribution in [1.29, 1.82) is 0 Å². The first-order valence-corrected chi connectivity index (χ1v) is 6.68.